The highest BCUT2D eigenvalue weighted by Crippen LogP contribution is 2.47. The Kier molecular flexibility index (Phi) is 4.55. The van der Waals surface area contributed by atoms with Crippen molar-refractivity contribution < 1.29 is 0 Å². The molecule has 4 heterocycles. The zero-order valence-corrected chi connectivity index (χ0v) is 24.6. The molecule has 4 aromatic heterocycles. The molecule has 7 aromatic carbocycles. The lowest BCUT2D eigenvalue weighted by Gasteiger charge is -2.13. The first-order valence-corrected chi connectivity index (χ1v) is 15.7. The number of nitrogens with zero attached hydrogens (tertiary/aromatic N) is 4. The lowest BCUT2D eigenvalue weighted by Crippen LogP contribution is -2.02. The first-order valence-electron chi connectivity index (χ1n) is 15.7. The molecule has 0 aliphatic rings. The third-order valence-corrected chi connectivity index (χ3v) is 9.91. The van der Waals surface area contributed by atoms with Crippen LogP contribution in [0.25, 0.3) is 98.5 Å². The van der Waals surface area contributed by atoms with Gasteiger partial charge in [-0.25, -0.2) is 0 Å². The largest absolute Gasteiger partial charge is 0.306 e. The van der Waals surface area contributed by atoms with Crippen molar-refractivity contribution in [3.8, 4) is 17.1 Å². The van der Waals surface area contributed by atoms with Crippen molar-refractivity contribution in [1.82, 2.24) is 19.2 Å². The van der Waals surface area contributed by atoms with E-state index in [0.29, 0.717) is 0 Å². The van der Waals surface area contributed by atoms with Crippen LogP contribution in [0.3, 0.4) is 0 Å². The number of para-hydroxylation sites is 2. The Labute approximate surface area is 262 Å². The van der Waals surface area contributed by atoms with Crippen LogP contribution >= 0.6 is 0 Å². The van der Waals surface area contributed by atoms with E-state index in [1.807, 2.05) is 0 Å². The number of benzene rings is 7. The predicted octanol–water partition coefficient (Wildman–Crippen LogP) is 10.7. The Morgan fingerprint density at radius 2 is 1.02 bits per heavy atom. The van der Waals surface area contributed by atoms with Crippen LogP contribution < -0.4 is 0 Å². The molecule has 0 radical (unpaired) electrons. The Morgan fingerprint density at radius 1 is 0.391 bits per heavy atom. The molecule has 0 spiro atoms. The zero-order valence-electron chi connectivity index (χ0n) is 24.6. The van der Waals surface area contributed by atoms with E-state index in [9.17, 15) is 0 Å². The van der Waals surface area contributed by atoms with Gasteiger partial charge in [0.25, 0.3) is 0 Å². The van der Waals surface area contributed by atoms with Gasteiger partial charge in [0.15, 0.2) is 5.82 Å². The number of hydrogen-bond acceptors (Lipinski definition) is 2. The van der Waals surface area contributed by atoms with Crippen LogP contribution in [0.1, 0.15) is 0 Å². The van der Waals surface area contributed by atoms with Crippen LogP contribution in [0.5, 0.6) is 0 Å². The van der Waals surface area contributed by atoms with E-state index < -0.39 is 0 Å². The molecular formula is C42H24N4. The third kappa shape index (κ3) is 2.94. The molecular weight excluding hydrogens is 560 g/mol. The minimum atomic E-state index is 0.841. The molecule has 0 fully saturated rings. The number of aromatic nitrogens is 4. The van der Waals surface area contributed by atoms with E-state index in [2.05, 4.69) is 155 Å². The molecule has 0 saturated carbocycles. The van der Waals surface area contributed by atoms with E-state index in [0.717, 1.165) is 38.9 Å². The lowest BCUT2D eigenvalue weighted by atomic mass is 9.98. The van der Waals surface area contributed by atoms with Crippen LogP contribution in [0, 0.1) is 0 Å². The van der Waals surface area contributed by atoms with Crippen molar-refractivity contribution in [2.24, 2.45) is 0 Å². The second-order valence-corrected chi connectivity index (χ2v) is 12.2. The summed E-state index contributed by atoms with van der Waals surface area (Å²) in [7, 11) is 0. The molecule has 212 valence electrons. The van der Waals surface area contributed by atoms with Crippen LogP contribution in [0.4, 0.5) is 0 Å². The predicted molar refractivity (Wildman–Crippen MR) is 191 cm³/mol. The van der Waals surface area contributed by atoms with Gasteiger partial charge in [-0.2, -0.15) is 0 Å². The molecule has 0 unspecified atom stereocenters. The lowest BCUT2D eigenvalue weighted by molar-refractivity contribution is 0.979. The molecule has 4 heteroatoms. The van der Waals surface area contributed by atoms with Crippen LogP contribution in [-0.2, 0) is 0 Å². The summed E-state index contributed by atoms with van der Waals surface area (Å²) in [5.74, 6) is 0.841. The first-order chi connectivity index (χ1) is 22.9. The Balaban J connectivity index is 1.34. The maximum absolute atomic E-state index is 5.10. The average molecular weight is 585 g/mol. The maximum atomic E-state index is 5.10. The van der Waals surface area contributed by atoms with Gasteiger partial charge in [0.2, 0.25) is 0 Å². The van der Waals surface area contributed by atoms with Gasteiger partial charge in [-0.15, -0.1) is 10.2 Å². The van der Waals surface area contributed by atoms with Gasteiger partial charge in [-0.05, 0) is 39.7 Å². The standard InChI is InChI=1S/C42H24N4/c1-3-15-27-25(12-1)14-11-21-29(27)38-30-17-5-6-18-31(30)42(44-43-38)46-36-23-10-8-20-33(36)40-41(46)34-24-26-13-2-4-16-28(26)37-32-19-7-9-22-35(32)45(40)39(34)37/h1-24H. The van der Waals surface area contributed by atoms with Crippen molar-refractivity contribution in [3.05, 3.63) is 146 Å². The third-order valence-electron chi connectivity index (χ3n) is 9.91. The highest BCUT2D eigenvalue weighted by atomic mass is 15.2. The summed E-state index contributed by atoms with van der Waals surface area (Å²) in [6, 6.07) is 52.2. The summed E-state index contributed by atoms with van der Waals surface area (Å²) >= 11 is 0. The van der Waals surface area contributed by atoms with Gasteiger partial charge in [0.05, 0.1) is 27.6 Å². The molecule has 11 rings (SSSR count). The van der Waals surface area contributed by atoms with Gasteiger partial charge in [-0.1, -0.05) is 127 Å². The van der Waals surface area contributed by atoms with Gasteiger partial charge >= 0.3 is 0 Å². The van der Waals surface area contributed by atoms with Crippen molar-refractivity contribution in [1.29, 1.82) is 0 Å². The van der Waals surface area contributed by atoms with Gasteiger partial charge in [-0.3, -0.25) is 4.57 Å². The maximum Gasteiger partial charge on any atom is 0.168 e. The average Bonchev–Trinajstić information content (AvgIpc) is 3.75. The molecule has 0 bridgehead atoms. The Morgan fingerprint density at radius 3 is 1.87 bits per heavy atom. The molecule has 0 aliphatic heterocycles. The van der Waals surface area contributed by atoms with E-state index in [-0.39, 0.29) is 0 Å². The molecule has 0 atom stereocenters. The van der Waals surface area contributed by atoms with E-state index in [4.69, 9.17) is 10.2 Å². The van der Waals surface area contributed by atoms with Crippen molar-refractivity contribution in [2.45, 2.75) is 0 Å². The fraction of sp³-hybridized carbons (Fsp3) is 0. The molecule has 46 heavy (non-hydrogen) atoms. The van der Waals surface area contributed by atoms with Crippen LogP contribution in [-0.4, -0.2) is 19.2 Å². The topological polar surface area (TPSA) is 35.1 Å². The summed E-state index contributed by atoms with van der Waals surface area (Å²) in [5.41, 5.74) is 7.96. The normalized spacial score (nSPS) is 12.3. The summed E-state index contributed by atoms with van der Waals surface area (Å²) in [5, 5.41) is 22.2. The van der Waals surface area contributed by atoms with Crippen molar-refractivity contribution in [3.63, 3.8) is 0 Å². The van der Waals surface area contributed by atoms with Gasteiger partial charge in [0.1, 0.15) is 5.69 Å². The highest BCUT2D eigenvalue weighted by molar-refractivity contribution is 6.33. The molecule has 0 aliphatic carbocycles. The van der Waals surface area contributed by atoms with E-state index in [1.165, 1.54) is 59.6 Å². The summed E-state index contributed by atoms with van der Waals surface area (Å²) < 4.78 is 4.85. The summed E-state index contributed by atoms with van der Waals surface area (Å²) in [6.45, 7) is 0. The van der Waals surface area contributed by atoms with E-state index in [1.54, 1.807) is 0 Å². The summed E-state index contributed by atoms with van der Waals surface area (Å²) in [4.78, 5) is 0. The van der Waals surface area contributed by atoms with Gasteiger partial charge < -0.3 is 4.40 Å². The number of fused-ring (bicyclic) bond motifs is 12. The van der Waals surface area contributed by atoms with Crippen LogP contribution in [0.15, 0.2) is 146 Å². The SMILES string of the molecule is c1ccc2c(-c3nnc(-n4c5ccccc5c5c4c4cc6ccccc6c6c7ccccc7n5c46)c4ccccc34)cccc2c1. The summed E-state index contributed by atoms with van der Waals surface area (Å²) in [6.07, 6.45) is 0. The smallest absolute Gasteiger partial charge is 0.168 e. The Bertz CT molecular complexity index is 3030. The quantitative estimate of drug-likeness (QED) is 0.203. The molecule has 4 nitrogen and oxygen atoms in total. The monoisotopic (exact) mass is 584 g/mol. The second kappa shape index (κ2) is 8.68. The molecule has 0 N–H and O–H groups in total. The fourth-order valence-corrected chi connectivity index (χ4v) is 8.06. The van der Waals surface area contributed by atoms with E-state index >= 15 is 0 Å². The number of hydrogen-bond donors (Lipinski definition) is 0. The number of rotatable bonds is 2. The van der Waals surface area contributed by atoms with Crippen LogP contribution in [0.2, 0.25) is 0 Å². The minimum Gasteiger partial charge on any atom is -0.306 e. The Hall–Kier alpha value is -6.26. The fourth-order valence-electron chi connectivity index (χ4n) is 8.06. The molecule has 11 aromatic rings. The molecule has 0 saturated heterocycles. The first kappa shape index (κ1) is 24.1. The van der Waals surface area contributed by atoms with Crippen molar-refractivity contribution in [2.75, 3.05) is 0 Å². The minimum absolute atomic E-state index is 0.841. The van der Waals surface area contributed by atoms with Crippen molar-refractivity contribution >= 4 is 81.4 Å². The second-order valence-electron chi connectivity index (χ2n) is 12.2. The molecule has 0 amide bonds. The highest BCUT2D eigenvalue weighted by Gasteiger charge is 2.27. The van der Waals surface area contributed by atoms with Gasteiger partial charge in [0, 0.05) is 37.9 Å². The zero-order chi connectivity index (χ0) is 29.9.